The molecule has 6 nitrogen and oxygen atoms in total. The highest BCUT2D eigenvalue weighted by Gasteiger charge is 2.01. The van der Waals surface area contributed by atoms with Crippen LogP contribution in [0.1, 0.15) is 33.1 Å². The van der Waals surface area contributed by atoms with E-state index in [1.165, 1.54) is 0 Å². The summed E-state index contributed by atoms with van der Waals surface area (Å²) in [5.41, 5.74) is 0. The van der Waals surface area contributed by atoms with Crippen LogP contribution < -0.4 is 16.0 Å². The molecule has 1 amide bonds. The third-order valence-electron chi connectivity index (χ3n) is 2.34. The first-order valence-electron chi connectivity index (χ1n) is 7.02. The van der Waals surface area contributed by atoms with Crippen LogP contribution in [0.25, 0.3) is 0 Å². The van der Waals surface area contributed by atoms with Gasteiger partial charge in [0, 0.05) is 46.3 Å². The van der Waals surface area contributed by atoms with Gasteiger partial charge in [0.2, 0.25) is 5.91 Å². The van der Waals surface area contributed by atoms with E-state index >= 15 is 0 Å². The minimum atomic E-state index is 0.0737. The third kappa shape index (κ3) is 11.5. The number of aliphatic imine (C=N–C) groups is 1. The number of carbonyl (C=O) groups excluding carboxylic acids is 1. The maximum Gasteiger partial charge on any atom is 0.221 e. The lowest BCUT2D eigenvalue weighted by Gasteiger charge is -2.11. The zero-order valence-corrected chi connectivity index (χ0v) is 12.4. The molecule has 0 spiro atoms. The summed E-state index contributed by atoms with van der Waals surface area (Å²) in [4.78, 5) is 15.8. The number of nitrogens with zero attached hydrogens (tertiary/aromatic N) is 1. The van der Waals surface area contributed by atoms with Gasteiger partial charge in [-0.2, -0.15) is 0 Å². The molecule has 19 heavy (non-hydrogen) atoms. The molecule has 0 heterocycles. The number of amides is 1. The van der Waals surface area contributed by atoms with E-state index in [0.29, 0.717) is 26.1 Å². The smallest absolute Gasteiger partial charge is 0.221 e. The van der Waals surface area contributed by atoms with Crippen molar-refractivity contribution in [1.29, 1.82) is 0 Å². The Hall–Kier alpha value is -1.30. The van der Waals surface area contributed by atoms with Crippen molar-refractivity contribution in [2.24, 2.45) is 4.99 Å². The lowest BCUT2D eigenvalue weighted by atomic mass is 10.4. The standard InChI is InChI=1S/C13H28N4O2/c1-4-8-15-12(18)7-10-17-13(14-5-2)16-9-6-11-19-3/h4-11H2,1-3H3,(H,15,18)(H2,14,16,17). The Balaban J connectivity index is 3.83. The molecule has 0 saturated heterocycles. The Bertz CT molecular complexity index is 257. The average Bonchev–Trinajstić information content (AvgIpc) is 2.41. The second kappa shape index (κ2) is 13.1. The van der Waals surface area contributed by atoms with Gasteiger partial charge in [0.05, 0.1) is 0 Å². The molecule has 0 aromatic carbocycles. The van der Waals surface area contributed by atoms with E-state index in [0.717, 1.165) is 31.9 Å². The minimum Gasteiger partial charge on any atom is -0.385 e. The maximum absolute atomic E-state index is 11.4. The first-order chi connectivity index (χ1) is 9.24. The van der Waals surface area contributed by atoms with Crippen LogP contribution in [0.15, 0.2) is 4.99 Å². The van der Waals surface area contributed by atoms with Crippen molar-refractivity contribution < 1.29 is 9.53 Å². The van der Waals surface area contributed by atoms with Crippen molar-refractivity contribution in [1.82, 2.24) is 16.0 Å². The van der Waals surface area contributed by atoms with Gasteiger partial charge in [-0.05, 0) is 19.8 Å². The monoisotopic (exact) mass is 272 g/mol. The van der Waals surface area contributed by atoms with E-state index in [1.807, 2.05) is 13.8 Å². The van der Waals surface area contributed by atoms with Crippen LogP contribution >= 0.6 is 0 Å². The van der Waals surface area contributed by atoms with Crippen molar-refractivity contribution in [2.75, 3.05) is 39.9 Å². The first kappa shape index (κ1) is 17.7. The molecule has 0 aromatic rings. The largest absolute Gasteiger partial charge is 0.385 e. The van der Waals surface area contributed by atoms with E-state index in [1.54, 1.807) is 7.11 Å². The molecular weight excluding hydrogens is 244 g/mol. The molecule has 0 fully saturated rings. The summed E-state index contributed by atoms with van der Waals surface area (Å²) in [5.74, 6) is 0.825. The Labute approximate surface area is 116 Å². The molecule has 0 rings (SSSR count). The van der Waals surface area contributed by atoms with Gasteiger partial charge >= 0.3 is 0 Å². The van der Waals surface area contributed by atoms with Gasteiger partial charge in [-0.1, -0.05) is 6.92 Å². The summed E-state index contributed by atoms with van der Waals surface area (Å²) in [6, 6.07) is 0. The molecule has 0 bridgehead atoms. The lowest BCUT2D eigenvalue weighted by Crippen LogP contribution is -2.39. The second-order valence-electron chi connectivity index (χ2n) is 4.13. The highest BCUT2D eigenvalue weighted by Crippen LogP contribution is 1.84. The Morgan fingerprint density at radius 2 is 1.95 bits per heavy atom. The van der Waals surface area contributed by atoms with Gasteiger partial charge in [-0.25, -0.2) is 0 Å². The maximum atomic E-state index is 11.4. The van der Waals surface area contributed by atoms with Gasteiger partial charge in [0.1, 0.15) is 0 Å². The van der Waals surface area contributed by atoms with E-state index in [-0.39, 0.29) is 5.91 Å². The van der Waals surface area contributed by atoms with Crippen LogP contribution in [0.2, 0.25) is 0 Å². The second-order valence-corrected chi connectivity index (χ2v) is 4.13. The van der Waals surface area contributed by atoms with Gasteiger partial charge in [-0.3, -0.25) is 9.79 Å². The number of hydrogen-bond donors (Lipinski definition) is 3. The predicted octanol–water partition coefficient (Wildman–Crippen LogP) is 0.494. The fraction of sp³-hybridized carbons (Fsp3) is 0.846. The SMILES string of the molecule is CCCNC(=O)CCNC(=NCCCOC)NCC. The summed E-state index contributed by atoms with van der Waals surface area (Å²) in [6.07, 6.45) is 2.31. The van der Waals surface area contributed by atoms with Crippen molar-refractivity contribution in [2.45, 2.75) is 33.1 Å². The molecule has 0 aliphatic heterocycles. The number of ether oxygens (including phenoxy) is 1. The molecule has 3 N–H and O–H groups in total. The summed E-state index contributed by atoms with van der Waals surface area (Å²) < 4.78 is 4.97. The molecule has 0 atom stereocenters. The topological polar surface area (TPSA) is 74.8 Å². The summed E-state index contributed by atoms with van der Waals surface area (Å²) in [7, 11) is 1.68. The Kier molecular flexibility index (Phi) is 12.2. The van der Waals surface area contributed by atoms with Crippen LogP contribution in [0.3, 0.4) is 0 Å². The quantitative estimate of drug-likeness (QED) is 0.307. The summed E-state index contributed by atoms with van der Waals surface area (Å²) in [6.45, 7) is 7.61. The van der Waals surface area contributed by atoms with Crippen LogP contribution in [0.5, 0.6) is 0 Å². The van der Waals surface area contributed by atoms with Crippen LogP contribution in [-0.4, -0.2) is 51.8 Å². The van der Waals surface area contributed by atoms with Crippen molar-refractivity contribution in [3.63, 3.8) is 0 Å². The lowest BCUT2D eigenvalue weighted by molar-refractivity contribution is -0.120. The molecule has 0 aromatic heterocycles. The molecule has 112 valence electrons. The normalized spacial score (nSPS) is 11.2. The van der Waals surface area contributed by atoms with Crippen molar-refractivity contribution >= 4 is 11.9 Å². The van der Waals surface area contributed by atoms with E-state index < -0.39 is 0 Å². The zero-order valence-electron chi connectivity index (χ0n) is 12.4. The van der Waals surface area contributed by atoms with Gasteiger partial charge < -0.3 is 20.7 Å². The Morgan fingerprint density at radius 1 is 1.16 bits per heavy atom. The van der Waals surface area contributed by atoms with Gasteiger partial charge in [-0.15, -0.1) is 0 Å². The first-order valence-corrected chi connectivity index (χ1v) is 7.02. The number of nitrogens with one attached hydrogen (secondary N) is 3. The number of methoxy groups -OCH3 is 1. The third-order valence-corrected chi connectivity index (χ3v) is 2.34. The van der Waals surface area contributed by atoms with Crippen LogP contribution in [-0.2, 0) is 9.53 Å². The van der Waals surface area contributed by atoms with E-state index in [4.69, 9.17) is 4.74 Å². The molecule has 0 aliphatic carbocycles. The van der Waals surface area contributed by atoms with Crippen molar-refractivity contribution in [3.8, 4) is 0 Å². The fourth-order valence-electron chi connectivity index (χ4n) is 1.39. The predicted molar refractivity (Wildman–Crippen MR) is 78.4 cm³/mol. The molecule has 0 saturated carbocycles. The average molecular weight is 272 g/mol. The van der Waals surface area contributed by atoms with Crippen LogP contribution in [0.4, 0.5) is 0 Å². The minimum absolute atomic E-state index is 0.0737. The zero-order chi connectivity index (χ0) is 14.3. The van der Waals surface area contributed by atoms with Crippen LogP contribution in [0, 0.1) is 0 Å². The summed E-state index contributed by atoms with van der Waals surface area (Å²) in [5, 5.41) is 9.13. The highest BCUT2D eigenvalue weighted by molar-refractivity contribution is 5.81. The van der Waals surface area contributed by atoms with E-state index in [2.05, 4.69) is 20.9 Å². The van der Waals surface area contributed by atoms with Gasteiger partial charge in [0.15, 0.2) is 5.96 Å². The van der Waals surface area contributed by atoms with Gasteiger partial charge in [0.25, 0.3) is 0 Å². The molecule has 0 radical (unpaired) electrons. The molecule has 0 unspecified atom stereocenters. The van der Waals surface area contributed by atoms with E-state index in [9.17, 15) is 4.79 Å². The number of guanidine groups is 1. The summed E-state index contributed by atoms with van der Waals surface area (Å²) >= 11 is 0. The molecule has 0 aliphatic rings. The molecule has 6 heteroatoms. The fourth-order valence-corrected chi connectivity index (χ4v) is 1.39. The van der Waals surface area contributed by atoms with Crippen molar-refractivity contribution in [3.05, 3.63) is 0 Å². The number of rotatable bonds is 10. The molecular formula is C13H28N4O2. The number of hydrogen-bond acceptors (Lipinski definition) is 3. The number of carbonyl (C=O) groups is 1. The highest BCUT2D eigenvalue weighted by atomic mass is 16.5. The Morgan fingerprint density at radius 3 is 2.58 bits per heavy atom.